The molecule has 0 aliphatic carbocycles. The van der Waals surface area contributed by atoms with Crippen molar-refractivity contribution in [3.05, 3.63) is 36.4 Å². The van der Waals surface area contributed by atoms with Gasteiger partial charge in [0.2, 0.25) is 0 Å². The zero-order valence-electron chi connectivity index (χ0n) is 18.5. The third-order valence-electron chi connectivity index (χ3n) is 6.28. The quantitative estimate of drug-likeness (QED) is 0.426. The number of aliphatic hydroxyl groups excluding tert-OH is 1. The highest BCUT2D eigenvalue weighted by atomic mass is 32.3. The molecule has 0 atom stereocenters. The first kappa shape index (κ1) is 22.7. The number of hydrogen-bond donors (Lipinski definition) is 4. The summed E-state index contributed by atoms with van der Waals surface area (Å²) in [6.07, 6.45) is 4.36. The second kappa shape index (κ2) is 8.91. The number of nitrogens with zero attached hydrogens (tertiary/aromatic N) is 7. The number of aliphatic hydroxyl groups is 1. The Morgan fingerprint density at radius 2 is 1.71 bits per heavy atom. The Labute approximate surface area is 197 Å². The third-order valence-corrected chi connectivity index (χ3v) is 7.95. The van der Waals surface area contributed by atoms with Crippen molar-refractivity contribution in [3.63, 3.8) is 0 Å². The second-order valence-corrected chi connectivity index (χ2v) is 10.8. The summed E-state index contributed by atoms with van der Waals surface area (Å²) < 4.78 is 21.8. The highest BCUT2D eigenvalue weighted by Gasteiger charge is 2.26. The van der Waals surface area contributed by atoms with Crippen molar-refractivity contribution >= 4 is 34.0 Å². The van der Waals surface area contributed by atoms with Gasteiger partial charge in [0.05, 0.1) is 35.7 Å². The highest BCUT2D eigenvalue weighted by molar-refractivity contribution is 8.24. The van der Waals surface area contributed by atoms with E-state index >= 15 is 0 Å². The van der Waals surface area contributed by atoms with E-state index in [-0.39, 0.29) is 6.61 Å². The summed E-state index contributed by atoms with van der Waals surface area (Å²) in [6, 6.07) is 3.85. The smallest absolute Gasteiger partial charge is 0.407 e. The van der Waals surface area contributed by atoms with Crippen LogP contribution in [0.4, 0.5) is 16.4 Å². The second-order valence-electron chi connectivity index (χ2n) is 8.41. The number of imidazole rings is 1. The number of piperazine rings is 1. The minimum atomic E-state index is -2.53. The van der Waals surface area contributed by atoms with Gasteiger partial charge in [0, 0.05) is 57.2 Å². The minimum absolute atomic E-state index is 0.208. The predicted octanol–water partition coefficient (Wildman–Crippen LogP) is 1.65. The number of pyridine rings is 1. The molecule has 4 N–H and O–H groups in total. The largest absolute Gasteiger partial charge is 0.465 e. The van der Waals surface area contributed by atoms with E-state index in [1.54, 1.807) is 18.6 Å². The normalized spacial score (nSPS) is 19.4. The monoisotopic (exact) mass is 489 g/mol. The molecule has 12 nitrogen and oxygen atoms in total. The molecule has 2 aliphatic heterocycles. The first-order valence-electron chi connectivity index (χ1n) is 11.0. The van der Waals surface area contributed by atoms with Crippen LogP contribution < -0.4 is 9.80 Å². The maximum Gasteiger partial charge on any atom is 0.407 e. The number of aromatic nitrogens is 4. The Hall–Kier alpha value is -3.13. The zero-order valence-corrected chi connectivity index (χ0v) is 19.3. The van der Waals surface area contributed by atoms with E-state index in [9.17, 15) is 19.0 Å². The van der Waals surface area contributed by atoms with Gasteiger partial charge in [-0.3, -0.25) is 13.5 Å². The van der Waals surface area contributed by atoms with Gasteiger partial charge in [-0.25, -0.2) is 19.7 Å². The van der Waals surface area contributed by atoms with Crippen LogP contribution in [0.15, 0.2) is 30.7 Å². The minimum Gasteiger partial charge on any atom is -0.465 e. The van der Waals surface area contributed by atoms with Crippen LogP contribution in [-0.2, 0) is 6.61 Å². The van der Waals surface area contributed by atoms with Crippen LogP contribution in [-0.4, -0.2) is 100 Å². The summed E-state index contributed by atoms with van der Waals surface area (Å²) in [5.41, 5.74) is 2.69. The van der Waals surface area contributed by atoms with Crippen molar-refractivity contribution in [1.82, 2.24) is 24.3 Å². The summed E-state index contributed by atoms with van der Waals surface area (Å²) in [7, 11) is -2.53. The Kier molecular flexibility index (Phi) is 5.93. The Bertz CT molecular complexity index is 1180. The lowest BCUT2D eigenvalue weighted by Gasteiger charge is -2.41. The van der Waals surface area contributed by atoms with Crippen molar-refractivity contribution in [2.45, 2.75) is 6.61 Å². The predicted molar refractivity (Wildman–Crippen MR) is 129 cm³/mol. The fourth-order valence-corrected chi connectivity index (χ4v) is 5.55. The van der Waals surface area contributed by atoms with Gasteiger partial charge < -0.3 is 24.9 Å². The molecule has 2 saturated heterocycles. The highest BCUT2D eigenvalue weighted by Crippen LogP contribution is 2.41. The molecule has 0 spiro atoms. The molecule has 1 amide bonds. The van der Waals surface area contributed by atoms with Crippen LogP contribution in [0, 0.1) is 0 Å². The first-order valence-corrected chi connectivity index (χ1v) is 12.9. The van der Waals surface area contributed by atoms with Crippen LogP contribution >= 0.6 is 10.6 Å². The number of carboxylic acid groups (broad SMARTS) is 1. The number of carbonyl (C=O) groups is 1. The molecule has 3 aromatic heterocycles. The van der Waals surface area contributed by atoms with E-state index < -0.39 is 16.7 Å². The van der Waals surface area contributed by atoms with Gasteiger partial charge in [-0.2, -0.15) is 10.6 Å². The van der Waals surface area contributed by atoms with Crippen LogP contribution in [0.2, 0.25) is 0 Å². The molecule has 34 heavy (non-hydrogen) atoms. The van der Waals surface area contributed by atoms with Crippen molar-refractivity contribution in [3.8, 4) is 11.3 Å². The molecule has 0 unspecified atom stereocenters. The molecule has 0 bridgehead atoms. The number of anilines is 2. The lowest BCUT2D eigenvalue weighted by atomic mass is 10.2. The van der Waals surface area contributed by atoms with Crippen molar-refractivity contribution in [1.29, 1.82) is 0 Å². The summed E-state index contributed by atoms with van der Waals surface area (Å²) >= 11 is 0. The first-order chi connectivity index (χ1) is 16.3. The number of amides is 1. The molecule has 2 fully saturated rings. The lowest BCUT2D eigenvalue weighted by molar-refractivity contribution is 0.142. The molecule has 0 saturated carbocycles. The molecule has 3 aromatic rings. The topological polar surface area (TPSA) is 151 Å². The molecule has 182 valence electrons. The summed E-state index contributed by atoms with van der Waals surface area (Å²) in [5, 5.41) is 18.8. The van der Waals surface area contributed by atoms with Crippen LogP contribution in [0.1, 0.15) is 5.69 Å². The van der Waals surface area contributed by atoms with Crippen LogP contribution in [0.5, 0.6) is 0 Å². The SMILES string of the molecule is O=C(O)N1CCN(c2ccc(-c3cnc(N4CCS(O)(O)CC4)c4nc(CO)cn34)cn2)CC1. The van der Waals surface area contributed by atoms with E-state index in [2.05, 4.69) is 19.9 Å². The van der Waals surface area contributed by atoms with Gasteiger partial charge in [-0.1, -0.05) is 0 Å². The molecule has 2 aliphatic rings. The molecule has 5 rings (SSSR count). The van der Waals surface area contributed by atoms with Crippen LogP contribution in [0.3, 0.4) is 0 Å². The van der Waals surface area contributed by atoms with Gasteiger partial charge in [0.25, 0.3) is 0 Å². The Balaban J connectivity index is 1.42. The van der Waals surface area contributed by atoms with Gasteiger partial charge in [0.1, 0.15) is 5.82 Å². The Morgan fingerprint density at radius 1 is 0.971 bits per heavy atom. The van der Waals surface area contributed by atoms with E-state index in [4.69, 9.17) is 5.11 Å². The molecule has 0 aromatic carbocycles. The van der Waals surface area contributed by atoms with Gasteiger partial charge in [-0.05, 0) is 12.1 Å². The van der Waals surface area contributed by atoms with Crippen molar-refractivity contribution < 1.29 is 24.1 Å². The summed E-state index contributed by atoms with van der Waals surface area (Å²) in [4.78, 5) is 30.4. The van der Waals surface area contributed by atoms with Crippen molar-refractivity contribution in [2.24, 2.45) is 0 Å². The number of hydrogen-bond acceptors (Lipinski definition) is 9. The van der Waals surface area contributed by atoms with Crippen LogP contribution in [0.25, 0.3) is 16.9 Å². The van der Waals surface area contributed by atoms with Gasteiger partial charge >= 0.3 is 6.09 Å². The molecular formula is C21H27N7O5S. The zero-order chi connectivity index (χ0) is 23.9. The van der Waals surface area contributed by atoms with Gasteiger partial charge in [-0.15, -0.1) is 0 Å². The average Bonchev–Trinajstić information content (AvgIpc) is 3.29. The average molecular weight is 490 g/mol. The molecule has 0 radical (unpaired) electrons. The molecule has 5 heterocycles. The number of rotatable bonds is 4. The third kappa shape index (κ3) is 4.34. The summed E-state index contributed by atoms with van der Waals surface area (Å²) in [6.45, 7) is 2.78. The fraction of sp³-hybridized carbons (Fsp3) is 0.429. The maximum absolute atomic E-state index is 11.1. The van der Waals surface area contributed by atoms with Gasteiger partial charge in [0.15, 0.2) is 11.5 Å². The van der Waals surface area contributed by atoms with Crippen molar-refractivity contribution in [2.75, 3.05) is 60.6 Å². The fourth-order valence-electron chi connectivity index (χ4n) is 4.32. The molecular weight excluding hydrogens is 462 g/mol. The van der Waals surface area contributed by atoms with E-state index in [1.165, 1.54) is 4.90 Å². The summed E-state index contributed by atoms with van der Waals surface area (Å²) in [5.74, 6) is 2.01. The Morgan fingerprint density at radius 3 is 2.32 bits per heavy atom. The number of fused-ring (bicyclic) bond motifs is 1. The van der Waals surface area contributed by atoms with E-state index in [0.717, 1.165) is 17.1 Å². The van der Waals surface area contributed by atoms with E-state index in [1.807, 2.05) is 21.4 Å². The standard InChI is InChI=1S/C21H27N7O5S/c29-14-16-13-28-17(12-23-19(20(28)24-16)26-7-9-34(32,33)10-8-26)15-1-2-18(22-11-15)25-3-5-27(6-4-25)21(30)31/h1-2,11-13,29,32-33H,3-10,14H2,(H,30,31). The molecule has 13 heteroatoms. The van der Waals surface area contributed by atoms with E-state index in [0.29, 0.717) is 67.9 Å². The lowest BCUT2D eigenvalue weighted by Crippen LogP contribution is -2.48. The maximum atomic E-state index is 11.1.